The van der Waals surface area contributed by atoms with Crippen molar-refractivity contribution in [2.75, 3.05) is 23.0 Å². The van der Waals surface area contributed by atoms with Crippen LogP contribution in [-0.4, -0.2) is 36.9 Å². The zero-order valence-electron chi connectivity index (χ0n) is 16.4. The summed E-state index contributed by atoms with van der Waals surface area (Å²) in [6.07, 6.45) is 4.71. The standard InChI is InChI=1S/C20H21N5O3S2/c1-28-17-12-13(8-9-14(17)24-30(2,26)27)25-19(16-7-5-11-22-16)18(23-20(25)29)15-6-3-4-10-21-15/h3-12,18-19,22,24H,1-2H3,(H,23,29)/t18-,19-/m1/s1. The van der Waals surface area contributed by atoms with Gasteiger partial charge in [-0.25, -0.2) is 8.42 Å². The molecule has 30 heavy (non-hydrogen) atoms. The SMILES string of the molecule is COc1cc(N2C(=S)N[C@H](c3ccccn3)[C@H]2c2ccc[nH]2)ccc1NS(C)(=O)=O. The first kappa shape index (κ1) is 20.2. The van der Waals surface area contributed by atoms with Gasteiger partial charge >= 0.3 is 0 Å². The van der Waals surface area contributed by atoms with Gasteiger partial charge in [0.25, 0.3) is 0 Å². The molecule has 0 amide bonds. The Morgan fingerprint density at radius 2 is 2.03 bits per heavy atom. The summed E-state index contributed by atoms with van der Waals surface area (Å²) in [4.78, 5) is 9.77. The molecular weight excluding hydrogens is 422 g/mol. The number of sulfonamides is 1. The largest absolute Gasteiger partial charge is 0.494 e. The quantitative estimate of drug-likeness (QED) is 0.504. The van der Waals surface area contributed by atoms with Gasteiger partial charge in [-0.2, -0.15) is 0 Å². The lowest BCUT2D eigenvalue weighted by atomic mass is 10.0. The van der Waals surface area contributed by atoms with Gasteiger partial charge in [-0.3, -0.25) is 9.71 Å². The molecule has 3 N–H and O–H groups in total. The van der Waals surface area contributed by atoms with Crippen molar-refractivity contribution in [3.8, 4) is 5.75 Å². The summed E-state index contributed by atoms with van der Waals surface area (Å²) >= 11 is 5.67. The van der Waals surface area contributed by atoms with E-state index in [0.717, 1.165) is 23.3 Å². The molecular formula is C20H21N5O3S2. The molecule has 8 nitrogen and oxygen atoms in total. The van der Waals surface area contributed by atoms with Crippen molar-refractivity contribution in [2.24, 2.45) is 0 Å². The average molecular weight is 444 g/mol. The summed E-state index contributed by atoms with van der Waals surface area (Å²) in [5.41, 5.74) is 2.96. The summed E-state index contributed by atoms with van der Waals surface area (Å²) < 4.78 is 31.2. The van der Waals surface area contributed by atoms with E-state index in [1.807, 2.05) is 41.4 Å². The zero-order chi connectivity index (χ0) is 21.3. The summed E-state index contributed by atoms with van der Waals surface area (Å²) in [6.45, 7) is 0. The second-order valence-corrected chi connectivity index (χ2v) is 9.02. The van der Waals surface area contributed by atoms with Crippen LogP contribution < -0.4 is 19.7 Å². The van der Waals surface area contributed by atoms with Crippen molar-refractivity contribution in [1.29, 1.82) is 0 Å². The molecule has 4 rings (SSSR count). The number of nitrogens with one attached hydrogen (secondary N) is 3. The van der Waals surface area contributed by atoms with Crippen LogP contribution in [0, 0.1) is 0 Å². The second-order valence-electron chi connectivity index (χ2n) is 6.88. The van der Waals surface area contributed by atoms with Gasteiger partial charge in [0.05, 0.1) is 30.8 Å². The molecule has 0 aliphatic carbocycles. The Hall–Kier alpha value is -3.11. The monoisotopic (exact) mass is 443 g/mol. The summed E-state index contributed by atoms with van der Waals surface area (Å²) in [6, 6.07) is 14.6. The number of benzene rings is 1. The molecule has 3 aromatic rings. The number of ether oxygens (including phenoxy) is 1. The first-order valence-corrected chi connectivity index (χ1v) is 11.5. The van der Waals surface area contributed by atoms with Crippen LogP contribution >= 0.6 is 12.2 Å². The highest BCUT2D eigenvalue weighted by Crippen LogP contribution is 2.42. The molecule has 1 aliphatic rings. The Bertz CT molecular complexity index is 1150. The highest BCUT2D eigenvalue weighted by Gasteiger charge is 2.41. The molecule has 1 fully saturated rings. The predicted octanol–water partition coefficient (Wildman–Crippen LogP) is 2.97. The normalized spacial score (nSPS) is 18.9. The first-order chi connectivity index (χ1) is 14.4. The molecule has 156 valence electrons. The molecule has 0 unspecified atom stereocenters. The molecule has 0 bridgehead atoms. The minimum Gasteiger partial charge on any atom is -0.494 e. The highest BCUT2D eigenvalue weighted by molar-refractivity contribution is 7.92. The Labute approximate surface area is 180 Å². The van der Waals surface area contributed by atoms with Crippen LogP contribution in [0.5, 0.6) is 5.75 Å². The van der Waals surface area contributed by atoms with Crippen molar-refractivity contribution in [3.63, 3.8) is 0 Å². The van der Waals surface area contributed by atoms with Gasteiger partial charge in [-0.1, -0.05) is 6.07 Å². The summed E-state index contributed by atoms with van der Waals surface area (Å²) in [5, 5.41) is 3.91. The second kappa shape index (κ2) is 7.96. The van der Waals surface area contributed by atoms with Crippen LogP contribution in [0.2, 0.25) is 0 Å². The maximum absolute atomic E-state index is 11.7. The smallest absolute Gasteiger partial charge is 0.229 e. The molecule has 0 saturated carbocycles. The van der Waals surface area contributed by atoms with Gasteiger partial charge < -0.3 is 19.9 Å². The van der Waals surface area contributed by atoms with Crippen LogP contribution in [0.3, 0.4) is 0 Å². The van der Waals surface area contributed by atoms with Crippen LogP contribution in [-0.2, 0) is 10.0 Å². The molecule has 1 aromatic carbocycles. The number of H-pyrrole nitrogens is 1. The van der Waals surface area contributed by atoms with Gasteiger partial charge in [0, 0.05) is 29.8 Å². The van der Waals surface area contributed by atoms with Crippen molar-refractivity contribution >= 4 is 38.7 Å². The molecule has 10 heteroatoms. The fourth-order valence-electron chi connectivity index (χ4n) is 3.59. The lowest BCUT2D eigenvalue weighted by Crippen LogP contribution is -2.29. The number of rotatable bonds is 6. The third-order valence-electron chi connectivity index (χ3n) is 4.80. The van der Waals surface area contributed by atoms with Gasteiger partial charge in [0.1, 0.15) is 11.8 Å². The Morgan fingerprint density at radius 3 is 2.67 bits per heavy atom. The number of methoxy groups -OCH3 is 1. The average Bonchev–Trinajstić information content (AvgIpc) is 3.35. The third kappa shape index (κ3) is 3.96. The first-order valence-electron chi connectivity index (χ1n) is 9.17. The number of anilines is 2. The van der Waals surface area contributed by atoms with Crippen LogP contribution in [0.15, 0.2) is 60.9 Å². The highest BCUT2D eigenvalue weighted by atomic mass is 32.2. The summed E-state index contributed by atoms with van der Waals surface area (Å²) in [5.74, 6) is 0.396. The van der Waals surface area contributed by atoms with E-state index in [4.69, 9.17) is 17.0 Å². The fourth-order valence-corrected chi connectivity index (χ4v) is 4.51. The van der Waals surface area contributed by atoms with E-state index < -0.39 is 10.0 Å². The Morgan fingerprint density at radius 1 is 1.20 bits per heavy atom. The Kier molecular flexibility index (Phi) is 5.35. The number of pyridine rings is 1. The molecule has 1 saturated heterocycles. The molecule has 0 radical (unpaired) electrons. The zero-order valence-corrected chi connectivity index (χ0v) is 18.0. The third-order valence-corrected chi connectivity index (χ3v) is 5.70. The van der Waals surface area contributed by atoms with Crippen molar-refractivity contribution in [2.45, 2.75) is 12.1 Å². The minimum atomic E-state index is -3.44. The molecule has 3 heterocycles. The maximum atomic E-state index is 11.7. The topological polar surface area (TPSA) is 99.3 Å². The minimum absolute atomic E-state index is 0.169. The van der Waals surface area contributed by atoms with E-state index in [1.165, 1.54) is 7.11 Å². The van der Waals surface area contributed by atoms with Gasteiger partial charge in [-0.05, 0) is 48.6 Å². The van der Waals surface area contributed by atoms with Crippen LogP contribution in [0.4, 0.5) is 11.4 Å². The molecule has 0 spiro atoms. The predicted molar refractivity (Wildman–Crippen MR) is 120 cm³/mol. The van der Waals surface area contributed by atoms with Gasteiger partial charge in [0.2, 0.25) is 10.0 Å². The van der Waals surface area contributed by atoms with Gasteiger partial charge in [-0.15, -0.1) is 0 Å². The van der Waals surface area contributed by atoms with Gasteiger partial charge in [0.15, 0.2) is 5.11 Å². The number of aromatic amines is 1. The number of hydrogen-bond acceptors (Lipinski definition) is 5. The molecule has 1 aliphatic heterocycles. The number of nitrogens with zero attached hydrogens (tertiary/aromatic N) is 2. The van der Waals surface area contributed by atoms with E-state index >= 15 is 0 Å². The van der Waals surface area contributed by atoms with E-state index in [0.29, 0.717) is 16.5 Å². The Balaban J connectivity index is 1.78. The summed E-state index contributed by atoms with van der Waals surface area (Å²) in [7, 11) is -1.95. The number of hydrogen-bond donors (Lipinski definition) is 3. The lowest BCUT2D eigenvalue weighted by Gasteiger charge is -2.27. The van der Waals surface area contributed by atoms with Crippen LogP contribution in [0.1, 0.15) is 23.5 Å². The van der Waals surface area contributed by atoms with Crippen molar-refractivity contribution < 1.29 is 13.2 Å². The lowest BCUT2D eigenvalue weighted by molar-refractivity contribution is 0.417. The number of aromatic nitrogens is 2. The van der Waals surface area contributed by atoms with E-state index in [9.17, 15) is 8.42 Å². The van der Waals surface area contributed by atoms with Crippen LogP contribution in [0.25, 0.3) is 0 Å². The van der Waals surface area contributed by atoms with Crippen molar-refractivity contribution in [3.05, 3.63) is 72.3 Å². The van der Waals surface area contributed by atoms with E-state index in [-0.39, 0.29) is 12.1 Å². The molecule has 2 aromatic heterocycles. The van der Waals surface area contributed by atoms with E-state index in [1.54, 1.807) is 24.4 Å². The fraction of sp³-hybridized carbons (Fsp3) is 0.200. The van der Waals surface area contributed by atoms with E-state index in [2.05, 4.69) is 20.0 Å². The molecule has 2 atom stereocenters. The van der Waals surface area contributed by atoms with Crippen molar-refractivity contribution in [1.82, 2.24) is 15.3 Å². The maximum Gasteiger partial charge on any atom is 0.229 e. The number of thiocarbonyl (C=S) groups is 1.